The van der Waals surface area contributed by atoms with Crippen molar-refractivity contribution in [3.63, 3.8) is 0 Å². The average molecular weight is 339 g/mol. The van der Waals surface area contributed by atoms with Crippen LogP contribution in [0.4, 0.5) is 0 Å². The topological polar surface area (TPSA) is 74.8 Å². The zero-order valence-corrected chi connectivity index (χ0v) is 13.8. The van der Waals surface area contributed by atoms with Gasteiger partial charge in [-0.2, -0.15) is 0 Å². The standard InChI is InChI=1S/C18H17N3O2S/c22-17(20-15-10-11(15)16-6-3-9-24-16)8-7-14-18(23)21-13-5-2-1-4-12(13)19-14/h1-6,9,11,15H,7-8,10H2,(H,20,22)(H,21,23). The Bertz CT molecular complexity index is 933. The summed E-state index contributed by atoms with van der Waals surface area (Å²) < 4.78 is 0. The quantitative estimate of drug-likeness (QED) is 0.750. The van der Waals surface area contributed by atoms with Gasteiger partial charge in [0.05, 0.1) is 11.0 Å². The number of aryl methyl sites for hydroxylation is 1. The summed E-state index contributed by atoms with van der Waals surface area (Å²) in [5.41, 5.74) is 1.65. The average Bonchev–Trinajstić information content (AvgIpc) is 3.12. The van der Waals surface area contributed by atoms with Crippen molar-refractivity contribution in [3.05, 3.63) is 62.7 Å². The molecule has 0 radical (unpaired) electrons. The van der Waals surface area contributed by atoms with Crippen molar-refractivity contribution in [1.29, 1.82) is 0 Å². The van der Waals surface area contributed by atoms with Crippen LogP contribution in [0.1, 0.15) is 29.3 Å². The molecule has 1 aliphatic carbocycles. The van der Waals surface area contributed by atoms with Crippen molar-refractivity contribution in [2.45, 2.75) is 31.2 Å². The van der Waals surface area contributed by atoms with E-state index < -0.39 is 0 Å². The van der Waals surface area contributed by atoms with Gasteiger partial charge in [0.25, 0.3) is 5.56 Å². The molecule has 6 heteroatoms. The van der Waals surface area contributed by atoms with Gasteiger partial charge in [-0.05, 0) is 30.0 Å². The molecule has 3 aromatic rings. The van der Waals surface area contributed by atoms with E-state index in [-0.39, 0.29) is 23.9 Å². The fourth-order valence-corrected chi connectivity index (χ4v) is 3.83. The van der Waals surface area contributed by atoms with Crippen molar-refractivity contribution in [2.75, 3.05) is 0 Å². The molecule has 0 saturated heterocycles. The molecule has 2 heterocycles. The second kappa shape index (κ2) is 6.20. The van der Waals surface area contributed by atoms with Gasteiger partial charge in [-0.1, -0.05) is 18.2 Å². The summed E-state index contributed by atoms with van der Waals surface area (Å²) in [7, 11) is 0. The first-order valence-corrected chi connectivity index (χ1v) is 8.89. The van der Waals surface area contributed by atoms with E-state index in [0.717, 1.165) is 11.9 Å². The summed E-state index contributed by atoms with van der Waals surface area (Å²) >= 11 is 1.73. The first kappa shape index (κ1) is 15.1. The zero-order valence-electron chi connectivity index (χ0n) is 13.0. The number of hydrogen-bond donors (Lipinski definition) is 2. The van der Waals surface area contributed by atoms with Crippen LogP contribution in [0.3, 0.4) is 0 Å². The fraction of sp³-hybridized carbons (Fsp3) is 0.278. The molecule has 2 N–H and O–H groups in total. The Morgan fingerprint density at radius 2 is 2.17 bits per heavy atom. The van der Waals surface area contributed by atoms with E-state index in [9.17, 15) is 9.59 Å². The molecule has 1 saturated carbocycles. The Balaban J connectivity index is 1.36. The van der Waals surface area contributed by atoms with Gasteiger partial charge in [-0.3, -0.25) is 9.59 Å². The monoisotopic (exact) mass is 339 g/mol. The Morgan fingerprint density at radius 3 is 3.00 bits per heavy atom. The Labute approximate surface area is 142 Å². The minimum absolute atomic E-state index is 0.0200. The molecule has 0 spiro atoms. The lowest BCUT2D eigenvalue weighted by Crippen LogP contribution is -2.27. The predicted molar refractivity (Wildman–Crippen MR) is 94.3 cm³/mol. The van der Waals surface area contributed by atoms with Gasteiger partial charge in [-0.15, -0.1) is 11.3 Å². The molecule has 1 aromatic carbocycles. The number of rotatable bonds is 5. The molecule has 122 valence electrons. The van der Waals surface area contributed by atoms with E-state index in [2.05, 4.69) is 26.7 Å². The lowest BCUT2D eigenvalue weighted by Gasteiger charge is -2.05. The summed E-state index contributed by atoms with van der Waals surface area (Å²) in [6.07, 6.45) is 1.63. The van der Waals surface area contributed by atoms with Crippen LogP contribution in [-0.4, -0.2) is 21.9 Å². The number of aromatic amines is 1. The summed E-state index contributed by atoms with van der Waals surface area (Å²) in [5, 5.41) is 5.11. The molecule has 2 aromatic heterocycles. The highest BCUT2D eigenvalue weighted by molar-refractivity contribution is 7.10. The molecule has 0 aliphatic heterocycles. The van der Waals surface area contributed by atoms with Gasteiger partial charge in [0.1, 0.15) is 5.69 Å². The number of carbonyl (C=O) groups excluding carboxylic acids is 1. The van der Waals surface area contributed by atoms with Crippen molar-refractivity contribution in [2.24, 2.45) is 0 Å². The molecule has 1 fully saturated rings. The summed E-state index contributed by atoms with van der Waals surface area (Å²) in [6.45, 7) is 0. The van der Waals surface area contributed by atoms with Crippen LogP contribution in [0.15, 0.2) is 46.6 Å². The number of para-hydroxylation sites is 2. The highest BCUT2D eigenvalue weighted by atomic mass is 32.1. The highest BCUT2D eigenvalue weighted by Gasteiger charge is 2.39. The molecule has 1 amide bonds. The van der Waals surface area contributed by atoms with Crippen molar-refractivity contribution in [3.8, 4) is 0 Å². The number of H-pyrrole nitrogens is 1. The number of fused-ring (bicyclic) bond motifs is 1. The smallest absolute Gasteiger partial charge is 0.270 e. The second-order valence-corrected chi connectivity index (χ2v) is 7.04. The van der Waals surface area contributed by atoms with Crippen LogP contribution in [0, 0.1) is 0 Å². The van der Waals surface area contributed by atoms with Gasteiger partial charge < -0.3 is 10.3 Å². The molecule has 24 heavy (non-hydrogen) atoms. The summed E-state index contributed by atoms with van der Waals surface area (Å²) in [5.74, 6) is 0.435. The molecule has 2 atom stereocenters. The lowest BCUT2D eigenvalue weighted by atomic mass is 10.2. The van der Waals surface area contributed by atoms with Crippen LogP contribution in [-0.2, 0) is 11.2 Å². The van der Waals surface area contributed by atoms with Gasteiger partial charge in [0.15, 0.2) is 0 Å². The van der Waals surface area contributed by atoms with Gasteiger partial charge in [0, 0.05) is 29.7 Å². The third-order valence-electron chi connectivity index (χ3n) is 4.30. The summed E-state index contributed by atoms with van der Waals surface area (Å²) in [6, 6.07) is 11.8. The lowest BCUT2D eigenvalue weighted by molar-refractivity contribution is -0.121. The van der Waals surface area contributed by atoms with Crippen LogP contribution in [0.25, 0.3) is 11.0 Å². The molecule has 0 bridgehead atoms. The predicted octanol–water partition coefficient (Wildman–Crippen LogP) is 2.59. The largest absolute Gasteiger partial charge is 0.353 e. The normalized spacial score (nSPS) is 19.3. The minimum Gasteiger partial charge on any atom is -0.353 e. The van der Waals surface area contributed by atoms with Crippen LogP contribution in [0.2, 0.25) is 0 Å². The SMILES string of the molecule is O=C(CCc1nc2ccccc2[nH]c1=O)NC1CC1c1cccs1. The third kappa shape index (κ3) is 3.10. The number of nitrogens with one attached hydrogen (secondary N) is 2. The Kier molecular flexibility index (Phi) is 3.90. The number of thiophene rings is 1. The summed E-state index contributed by atoms with van der Waals surface area (Å²) in [4.78, 5) is 32.7. The maximum absolute atomic E-state index is 12.1. The number of nitrogens with zero attached hydrogens (tertiary/aromatic N) is 1. The van der Waals surface area contributed by atoms with E-state index >= 15 is 0 Å². The molecular formula is C18H17N3O2S. The van der Waals surface area contributed by atoms with Gasteiger partial charge >= 0.3 is 0 Å². The third-order valence-corrected chi connectivity index (χ3v) is 5.31. The second-order valence-electron chi connectivity index (χ2n) is 6.06. The van der Waals surface area contributed by atoms with Crippen molar-refractivity contribution < 1.29 is 4.79 Å². The van der Waals surface area contributed by atoms with Crippen molar-refractivity contribution >= 4 is 28.3 Å². The maximum atomic E-state index is 12.1. The van der Waals surface area contributed by atoms with Crippen LogP contribution in [0.5, 0.6) is 0 Å². The maximum Gasteiger partial charge on any atom is 0.270 e. The van der Waals surface area contributed by atoms with Gasteiger partial charge in [0.2, 0.25) is 5.91 Å². The number of hydrogen-bond acceptors (Lipinski definition) is 4. The van der Waals surface area contributed by atoms with E-state index in [1.54, 1.807) is 11.3 Å². The highest BCUT2D eigenvalue weighted by Crippen LogP contribution is 2.42. The molecular weight excluding hydrogens is 322 g/mol. The van der Waals surface area contributed by atoms with E-state index in [1.807, 2.05) is 30.3 Å². The number of aromatic nitrogens is 2. The van der Waals surface area contributed by atoms with E-state index in [4.69, 9.17) is 0 Å². The molecule has 2 unspecified atom stereocenters. The van der Waals surface area contributed by atoms with Gasteiger partial charge in [-0.25, -0.2) is 4.98 Å². The van der Waals surface area contributed by atoms with Crippen molar-refractivity contribution in [1.82, 2.24) is 15.3 Å². The first-order valence-electron chi connectivity index (χ1n) is 8.01. The minimum atomic E-state index is -0.218. The number of benzene rings is 1. The van der Waals surface area contributed by atoms with E-state index in [0.29, 0.717) is 23.5 Å². The zero-order chi connectivity index (χ0) is 16.5. The van der Waals surface area contributed by atoms with Crippen LogP contribution < -0.4 is 10.9 Å². The van der Waals surface area contributed by atoms with E-state index in [1.165, 1.54) is 4.88 Å². The molecule has 1 aliphatic rings. The fourth-order valence-electron chi connectivity index (χ4n) is 2.92. The number of amides is 1. The molecule has 4 rings (SSSR count). The number of carbonyl (C=O) groups is 1. The Morgan fingerprint density at radius 1 is 1.29 bits per heavy atom. The first-order chi connectivity index (χ1) is 11.7. The Hall–Kier alpha value is -2.47. The van der Waals surface area contributed by atoms with Crippen LogP contribution >= 0.6 is 11.3 Å². The molecule has 5 nitrogen and oxygen atoms in total.